The maximum absolute atomic E-state index is 12.3. The summed E-state index contributed by atoms with van der Waals surface area (Å²) in [4.78, 5) is 3.71. The molecule has 2 rings (SSSR count). The van der Waals surface area contributed by atoms with Crippen molar-refractivity contribution in [3.63, 3.8) is 0 Å². The molecule has 0 atom stereocenters. The van der Waals surface area contributed by atoms with Crippen LogP contribution in [0.2, 0.25) is 0 Å². The minimum atomic E-state index is -3.81. The number of nitrogens with one attached hydrogen (secondary N) is 1. The van der Waals surface area contributed by atoms with E-state index in [0.717, 1.165) is 10.7 Å². The fourth-order valence-electron chi connectivity index (χ4n) is 1.71. The lowest BCUT2D eigenvalue weighted by Gasteiger charge is -2.13. The summed E-state index contributed by atoms with van der Waals surface area (Å²) in [7, 11) is -3.81. The zero-order chi connectivity index (χ0) is 15.6. The van der Waals surface area contributed by atoms with Crippen LogP contribution < -0.4 is 10.5 Å². The third-order valence-electron chi connectivity index (χ3n) is 2.73. The Morgan fingerprint density at radius 1 is 1.38 bits per heavy atom. The molecule has 8 heteroatoms. The van der Waals surface area contributed by atoms with Crippen molar-refractivity contribution < 1.29 is 8.42 Å². The monoisotopic (exact) mass is 366 g/mol. The number of aryl methyl sites for hydroxylation is 1. The van der Waals surface area contributed by atoms with Crippen molar-refractivity contribution in [3.05, 3.63) is 46.2 Å². The quantitative estimate of drug-likeness (QED) is 0.810. The van der Waals surface area contributed by atoms with E-state index in [-0.39, 0.29) is 10.6 Å². The third-order valence-corrected chi connectivity index (χ3v) is 4.52. The number of rotatable bonds is 3. The standard InChI is InChI=1S/C13H11BrN4O2S/c1-8-4-9(14)5-12(16)13(8)18-21(19,20)11-3-2-10(6-15)17-7-11/h2-5,7,18H,16H2,1H3. The Hall–Kier alpha value is -2.11. The third kappa shape index (κ3) is 3.32. The van der Waals surface area contributed by atoms with Gasteiger partial charge in [-0.1, -0.05) is 15.9 Å². The van der Waals surface area contributed by atoms with Gasteiger partial charge in [0.25, 0.3) is 10.0 Å². The Morgan fingerprint density at radius 3 is 2.62 bits per heavy atom. The molecular weight excluding hydrogens is 356 g/mol. The molecule has 1 aromatic heterocycles. The van der Waals surface area contributed by atoms with Gasteiger partial charge in [0.05, 0.1) is 11.4 Å². The molecule has 0 unspecified atom stereocenters. The van der Waals surface area contributed by atoms with Crippen molar-refractivity contribution in [2.24, 2.45) is 0 Å². The first-order chi connectivity index (χ1) is 9.83. The summed E-state index contributed by atoms with van der Waals surface area (Å²) < 4.78 is 27.8. The second kappa shape index (κ2) is 5.71. The number of anilines is 2. The van der Waals surface area contributed by atoms with E-state index in [0.29, 0.717) is 16.9 Å². The number of hydrogen-bond donors (Lipinski definition) is 2. The van der Waals surface area contributed by atoms with Gasteiger partial charge in [-0.2, -0.15) is 5.26 Å². The number of aromatic nitrogens is 1. The van der Waals surface area contributed by atoms with Gasteiger partial charge in [0.15, 0.2) is 0 Å². The smallest absolute Gasteiger partial charge is 0.263 e. The number of sulfonamides is 1. The highest BCUT2D eigenvalue weighted by molar-refractivity contribution is 9.10. The van der Waals surface area contributed by atoms with Crippen LogP contribution in [0.1, 0.15) is 11.3 Å². The van der Waals surface area contributed by atoms with Crippen molar-refractivity contribution in [2.75, 3.05) is 10.5 Å². The molecule has 6 nitrogen and oxygen atoms in total. The summed E-state index contributed by atoms with van der Waals surface area (Å²) in [5.74, 6) is 0. The van der Waals surface area contributed by atoms with Gasteiger partial charge in [-0.05, 0) is 36.8 Å². The summed E-state index contributed by atoms with van der Waals surface area (Å²) in [6.07, 6.45) is 1.13. The van der Waals surface area contributed by atoms with Crippen molar-refractivity contribution in [3.8, 4) is 6.07 Å². The molecule has 21 heavy (non-hydrogen) atoms. The predicted molar refractivity (Wildman–Crippen MR) is 83.1 cm³/mol. The molecular formula is C13H11BrN4O2S. The topological polar surface area (TPSA) is 109 Å². The van der Waals surface area contributed by atoms with Crippen molar-refractivity contribution in [2.45, 2.75) is 11.8 Å². The Kier molecular flexibility index (Phi) is 4.16. The van der Waals surface area contributed by atoms with E-state index in [1.165, 1.54) is 12.1 Å². The molecule has 0 spiro atoms. The van der Waals surface area contributed by atoms with Crippen LogP contribution >= 0.6 is 15.9 Å². The van der Waals surface area contributed by atoms with Crippen LogP contribution in [-0.4, -0.2) is 13.4 Å². The lowest BCUT2D eigenvalue weighted by Crippen LogP contribution is -2.15. The molecule has 0 radical (unpaired) electrons. The Labute approximate surface area is 130 Å². The molecule has 1 aromatic carbocycles. The van der Waals surface area contributed by atoms with Crippen molar-refractivity contribution in [1.82, 2.24) is 4.98 Å². The number of halogens is 1. The highest BCUT2D eigenvalue weighted by Crippen LogP contribution is 2.29. The van der Waals surface area contributed by atoms with E-state index in [4.69, 9.17) is 11.0 Å². The van der Waals surface area contributed by atoms with E-state index >= 15 is 0 Å². The highest BCUT2D eigenvalue weighted by atomic mass is 79.9. The molecule has 0 aliphatic heterocycles. The normalized spacial score (nSPS) is 10.9. The molecule has 0 saturated carbocycles. The van der Waals surface area contributed by atoms with Gasteiger partial charge < -0.3 is 5.73 Å². The number of nitrogens with two attached hydrogens (primary N) is 1. The molecule has 108 valence electrons. The Bertz CT molecular complexity index is 803. The number of nitriles is 1. The minimum absolute atomic E-state index is 0.0387. The maximum Gasteiger partial charge on any atom is 0.263 e. The van der Waals surface area contributed by atoms with Crippen LogP contribution in [-0.2, 0) is 10.0 Å². The van der Waals surface area contributed by atoms with Gasteiger partial charge in [0.1, 0.15) is 16.7 Å². The molecule has 0 bridgehead atoms. The second-order valence-electron chi connectivity index (χ2n) is 4.28. The van der Waals surface area contributed by atoms with E-state index in [1.807, 2.05) is 6.07 Å². The maximum atomic E-state index is 12.3. The van der Waals surface area contributed by atoms with E-state index < -0.39 is 10.0 Å². The molecule has 3 N–H and O–H groups in total. The molecule has 0 saturated heterocycles. The van der Waals surface area contributed by atoms with Crippen LogP contribution in [0.4, 0.5) is 11.4 Å². The van der Waals surface area contributed by atoms with Crippen LogP contribution in [0.15, 0.2) is 39.8 Å². The second-order valence-corrected chi connectivity index (χ2v) is 6.88. The fraction of sp³-hybridized carbons (Fsp3) is 0.0769. The predicted octanol–water partition coefficient (Wildman–Crippen LogP) is 2.41. The molecule has 0 aliphatic rings. The van der Waals surface area contributed by atoms with Crippen LogP contribution in [0.3, 0.4) is 0 Å². The zero-order valence-electron chi connectivity index (χ0n) is 11.0. The van der Waals surface area contributed by atoms with Crippen LogP contribution in [0, 0.1) is 18.3 Å². The zero-order valence-corrected chi connectivity index (χ0v) is 13.4. The number of nitrogen functional groups attached to an aromatic ring is 1. The number of hydrogen-bond acceptors (Lipinski definition) is 5. The number of pyridine rings is 1. The van der Waals surface area contributed by atoms with Crippen LogP contribution in [0.5, 0.6) is 0 Å². The number of nitrogens with zero attached hydrogens (tertiary/aromatic N) is 2. The van der Waals surface area contributed by atoms with Gasteiger partial charge in [0, 0.05) is 10.7 Å². The van der Waals surface area contributed by atoms with Gasteiger partial charge in [-0.25, -0.2) is 13.4 Å². The van der Waals surface area contributed by atoms with Gasteiger partial charge in [-0.3, -0.25) is 4.72 Å². The SMILES string of the molecule is Cc1cc(Br)cc(N)c1NS(=O)(=O)c1ccc(C#N)nc1. The fourth-order valence-corrected chi connectivity index (χ4v) is 3.40. The van der Waals surface area contributed by atoms with Crippen molar-refractivity contribution in [1.29, 1.82) is 5.26 Å². The Balaban J connectivity index is 2.40. The molecule has 2 aromatic rings. The average molecular weight is 367 g/mol. The average Bonchev–Trinajstić information content (AvgIpc) is 2.43. The first-order valence-corrected chi connectivity index (χ1v) is 8.05. The summed E-state index contributed by atoms with van der Waals surface area (Å²) in [5.41, 5.74) is 7.31. The molecule has 1 heterocycles. The van der Waals surface area contributed by atoms with Crippen molar-refractivity contribution >= 4 is 37.3 Å². The molecule has 0 aliphatic carbocycles. The number of benzene rings is 1. The highest BCUT2D eigenvalue weighted by Gasteiger charge is 2.17. The summed E-state index contributed by atoms with van der Waals surface area (Å²) >= 11 is 3.29. The van der Waals surface area contributed by atoms with E-state index in [2.05, 4.69) is 25.6 Å². The van der Waals surface area contributed by atoms with Gasteiger partial charge in [0.2, 0.25) is 0 Å². The van der Waals surface area contributed by atoms with Gasteiger partial charge >= 0.3 is 0 Å². The molecule has 0 fully saturated rings. The largest absolute Gasteiger partial charge is 0.397 e. The summed E-state index contributed by atoms with van der Waals surface area (Å²) in [5, 5.41) is 8.67. The molecule has 0 amide bonds. The van der Waals surface area contributed by atoms with E-state index in [1.54, 1.807) is 19.1 Å². The minimum Gasteiger partial charge on any atom is -0.397 e. The van der Waals surface area contributed by atoms with Crippen LogP contribution in [0.25, 0.3) is 0 Å². The lowest BCUT2D eigenvalue weighted by molar-refractivity contribution is 0.600. The summed E-state index contributed by atoms with van der Waals surface area (Å²) in [6, 6.07) is 7.85. The Morgan fingerprint density at radius 2 is 2.10 bits per heavy atom. The lowest BCUT2D eigenvalue weighted by atomic mass is 10.2. The van der Waals surface area contributed by atoms with Gasteiger partial charge in [-0.15, -0.1) is 0 Å². The van der Waals surface area contributed by atoms with E-state index in [9.17, 15) is 8.42 Å². The first-order valence-electron chi connectivity index (χ1n) is 5.78. The first kappa shape index (κ1) is 15.3. The summed E-state index contributed by atoms with van der Waals surface area (Å²) in [6.45, 7) is 1.75.